The van der Waals surface area contributed by atoms with Gasteiger partial charge in [-0.2, -0.15) is 0 Å². The minimum absolute atomic E-state index is 0.0902. The maximum Gasteiger partial charge on any atom is 0.141 e. The molecule has 1 rings (SSSR count). The molecule has 15 heavy (non-hydrogen) atoms. The molecule has 0 heterocycles. The molecule has 0 N–H and O–H groups in total. The molecule has 0 aliphatic carbocycles. The van der Waals surface area contributed by atoms with Crippen LogP contribution in [0.15, 0.2) is 36.4 Å². The normalized spacial score (nSPS) is 10.0. The molecule has 0 atom stereocenters. The van der Waals surface area contributed by atoms with Crippen LogP contribution in [0.1, 0.15) is 25.3 Å². The van der Waals surface area contributed by atoms with Crippen LogP contribution in [-0.2, 0) is 11.2 Å². The SMILES string of the molecule is C=C(CC)CC(=O)Cc1cccc(F)c1. The molecule has 0 unspecified atom stereocenters. The fourth-order valence-corrected chi connectivity index (χ4v) is 1.34. The summed E-state index contributed by atoms with van der Waals surface area (Å²) in [6.07, 6.45) is 1.50. The van der Waals surface area contributed by atoms with Gasteiger partial charge in [-0.05, 0) is 24.1 Å². The lowest BCUT2D eigenvalue weighted by molar-refractivity contribution is -0.117. The van der Waals surface area contributed by atoms with Gasteiger partial charge >= 0.3 is 0 Å². The second-order valence-electron chi connectivity index (χ2n) is 3.63. The Bertz CT molecular complexity index is 369. The number of carbonyl (C=O) groups excluding carboxylic acids is 1. The average Bonchev–Trinajstić information content (AvgIpc) is 2.17. The number of halogens is 1. The van der Waals surface area contributed by atoms with Gasteiger partial charge in [-0.15, -0.1) is 0 Å². The molecule has 2 heteroatoms. The van der Waals surface area contributed by atoms with Gasteiger partial charge in [0.15, 0.2) is 0 Å². The van der Waals surface area contributed by atoms with Crippen molar-refractivity contribution >= 4 is 5.78 Å². The van der Waals surface area contributed by atoms with E-state index >= 15 is 0 Å². The molecule has 80 valence electrons. The van der Waals surface area contributed by atoms with Gasteiger partial charge in [0.1, 0.15) is 11.6 Å². The van der Waals surface area contributed by atoms with E-state index in [0.717, 1.165) is 17.6 Å². The minimum atomic E-state index is -0.297. The van der Waals surface area contributed by atoms with E-state index in [4.69, 9.17) is 0 Å². The topological polar surface area (TPSA) is 17.1 Å². The van der Waals surface area contributed by atoms with Crippen LogP contribution in [0.4, 0.5) is 4.39 Å². The first-order chi connectivity index (χ1) is 7.11. The van der Waals surface area contributed by atoms with E-state index in [2.05, 4.69) is 6.58 Å². The second kappa shape index (κ2) is 5.44. The quantitative estimate of drug-likeness (QED) is 0.675. The first-order valence-electron chi connectivity index (χ1n) is 5.04. The lowest BCUT2D eigenvalue weighted by Gasteiger charge is -2.02. The number of ketones is 1. The van der Waals surface area contributed by atoms with E-state index in [0.29, 0.717) is 6.42 Å². The van der Waals surface area contributed by atoms with Crippen LogP contribution in [0, 0.1) is 5.82 Å². The van der Waals surface area contributed by atoms with E-state index in [-0.39, 0.29) is 18.0 Å². The van der Waals surface area contributed by atoms with Crippen molar-refractivity contribution in [3.05, 3.63) is 47.8 Å². The molecular formula is C13H15FO. The zero-order chi connectivity index (χ0) is 11.3. The first-order valence-corrected chi connectivity index (χ1v) is 5.04. The summed E-state index contributed by atoms with van der Waals surface area (Å²) in [6, 6.07) is 6.15. The summed E-state index contributed by atoms with van der Waals surface area (Å²) in [5.41, 5.74) is 1.65. The number of hydrogen-bond acceptors (Lipinski definition) is 1. The van der Waals surface area contributed by atoms with Gasteiger partial charge in [0, 0.05) is 12.8 Å². The molecule has 0 fully saturated rings. The van der Waals surface area contributed by atoms with Crippen LogP contribution in [0.3, 0.4) is 0 Å². The fraction of sp³-hybridized carbons (Fsp3) is 0.308. The van der Waals surface area contributed by atoms with Crippen LogP contribution < -0.4 is 0 Å². The van der Waals surface area contributed by atoms with Crippen LogP contribution in [-0.4, -0.2) is 5.78 Å². The third kappa shape index (κ3) is 4.07. The van der Waals surface area contributed by atoms with Gasteiger partial charge < -0.3 is 0 Å². The van der Waals surface area contributed by atoms with Gasteiger partial charge in [0.2, 0.25) is 0 Å². The average molecular weight is 206 g/mol. The van der Waals surface area contributed by atoms with Crippen molar-refractivity contribution in [3.8, 4) is 0 Å². The molecular weight excluding hydrogens is 191 g/mol. The number of hydrogen-bond donors (Lipinski definition) is 0. The maximum atomic E-state index is 12.8. The monoisotopic (exact) mass is 206 g/mol. The summed E-state index contributed by atoms with van der Waals surface area (Å²) < 4.78 is 12.8. The summed E-state index contributed by atoms with van der Waals surface area (Å²) in [5, 5.41) is 0. The molecule has 1 aromatic carbocycles. The molecule has 0 saturated heterocycles. The van der Waals surface area contributed by atoms with Crippen molar-refractivity contribution in [1.82, 2.24) is 0 Å². The van der Waals surface area contributed by atoms with Gasteiger partial charge in [0.25, 0.3) is 0 Å². The largest absolute Gasteiger partial charge is 0.299 e. The Labute approximate surface area is 89.6 Å². The molecule has 0 aromatic heterocycles. The van der Waals surface area contributed by atoms with E-state index in [9.17, 15) is 9.18 Å². The Morgan fingerprint density at radius 1 is 1.47 bits per heavy atom. The first kappa shape index (κ1) is 11.6. The van der Waals surface area contributed by atoms with Crippen LogP contribution in [0.2, 0.25) is 0 Å². The smallest absolute Gasteiger partial charge is 0.141 e. The highest BCUT2D eigenvalue weighted by Gasteiger charge is 2.05. The number of carbonyl (C=O) groups is 1. The summed E-state index contributed by atoms with van der Waals surface area (Å²) in [4.78, 5) is 11.5. The van der Waals surface area contributed by atoms with Gasteiger partial charge in [-0.25, -0.2) is 4.39 Å². The zero-order valence-electron chi connectivity index (χ0n) is 8.92. The molecule has 0 aliphatic heterocycles. The highest BCUT2D eigenvalue weighted by atomic mass is 19.1. The molecule has 0 amide bonds. The van der Waals surface area contributed by atoms with Crippen LogP contribution in [0.25, 0.3) is 0 Å². The summed E-state index contributed by atoms with van der Waals surface area (Å²) in [6.45, 7) is 5.75. The Hall–Kier alpha value is -1.44. The van der Waals surface area contributed by atoms with E-state index in [1.165, 1.54) is 12.1 Å². The molecule has 1 nitrogen and oxygen atoms in total. The van der Waals surface area contributed by atoms with Crippen LogP contribution >= 0.6 is 0 Å². The third-order valence-electron chi connectivity index (χ3n) is 2.24. The van der Waals surface area contributed by atoms with Crippen molar-refractivity contribution in [3.63, 3.8) is 0 Å². The molecule has 0 aliphatic rings. The Morgan fingerprint density at radius 3 is 2.80 bits per heavy atom. The highest BCUT2D eigenvalue weighted by Crippen LogP contribution is 2.09. The lowest BCUT2D eigenvalue weighted by Crippen LogP contribution is -2.03. The van der Waals surface area contributed by atoms with Gasteiger partial charge in [-0.1, -0.05) is 31.2 Å². The Balaban J connectivity index is 2.55. The van der Waals surface area contributed by atoms with Crippen molar-refractivity contribution < 1.29 is 9.18 Å². The summed E-state index contributed by atoms with van der Waals surface area (Å²) >= 11 is 0. The van der Waals surface area contributed by atoms with E-state index < -0.39 is 0 Å². The molecule has 0 bridgehead atoms. The molecule has 0 saturated carbocycles. The second-order valence-corrected chi connectivity index (χ2v) is 3.63. The predicted molar refractivity (Wildman–Crippen MR) is 59.2 cm³/mol. The lowest BCUT2D eigenvalue weighted by atomic mass is 10.0. The van der Waals surface area contributed by atoms with Gasteiger partial charge in [-0.3, -0.25) is 4.79 Å². The Kier molecular flexibility index (Phi) is 4.22. The number of allylic oxidation sites excluding steroid dienone is 1. The minimum Gasteiger partial charge on any atom is -0.299 e. The van der Waals surface area contributed by atoms with Gasteiger partial charge in [0.05, 0.1) is 0 Å². The van der Waals surface area contributed by atoms with Crippen molar-refractivity contribution in [2.45, 2.75) is 26.2 Å². The Morgan fingerprint density at radius 2 is 2.20 bits per heavy atom. The van der Waals surface area contributed by atoms with Crippen molar-refractivity contribution in [2.75, 3.05) is 0 Å². The van der Waals surface area contributed by atoms with E-state index in [1.54, 1.807) is 12.1 Å². The number of Topliss-reactive ketones (excluding diaryl/α,β-unsaturated/α-hetero) is 1. The predicted octanol–water partition coefficient (Wildman–Crippen LogP) is 3.29. The molecule has 0 radical (unpaired) electrons. The molecule has 1 aromatic rings. The zero-order valence-corrected chi connectivity index (χ0v) is 8.92. The molecule has 0 spiro atoms. The van der Waals surface area contributed by atoms with Crippen molar-refractivity contribution in [1.29, 1.82) is 0 Å². The summed E-state index contributed by atoms with van der Waals surface area (Å²) in [5.74, 6) is -0.206. The number of benzene rings is 1. The fourth-order valence-electron chi connectivity index (χ4n) is 1.34. The highest BCUT2D eigenvalue weighted by molar-refractivity contribution is 5.82. The van der Waals surface area contributed by atoms with E-state index in [1.807, 2.05) is 6.92 Å². The third-order valence-corrected chi connectivity index (χ3v) is 2.24. The number of rotatable bonds is 5. The summed E-state index contributed by atoms with van der Waals surface area (Å²) in [7, 11) is 0. The maximum absolute atomic E-state index is 12.8. The standard InChI is InChI=1S/C13H15FO/c1-3-10(2)7-13(15)9-11-5-4-6-12(14)8-11/h4-6,8H,2-3,7,9H2,1H3. The van der Waals surface area contributed by atoms with Crippen LogP contribution in [0.5, 0.6) is 0 Å². The van der Waals surface area contributed by atoms with Crippen molar-refractivity contribution in [2.24, 2.45) is 0 Å².